The molecular formula is C13H18BrCl2F3N2O. The van der Waals surface area contributed by atoms with Crippen LogP contribution in [0, 0.1) is 0 Å². The number of hydrogen-bond acceptors (Lipinski definition) is 3. The van der Waals surface area contributed by atoms with Crippen LogP contribution in [0.15, 0.2) is 22.7 Å². The van der Waals surface area contributed by atoms with E-state index in [0.717, 1.165) is 0 Å². The minimum Gasteiger partial charge on any atom is -0.508 e. The van der Waals surface area contributed by atoms with Gasteiger partial charge in [-0.2, -0.15) is 13.2 Å². The van der Waals surface area contributed by atoms with Gasteiger partial charge >= 0.3 is 6.18 Å². The Morgan fingerprint density at radius 3 is 2.32 bits per heavy atom. The molecule has 1 aromatic rings. The Bertz CT molecular complexity index is 471. The Labute approximate surface area is 148 Å². The Balaban J connectivity index is 0.00000220. The summed E-state index contributed by atoms with van der Waals surface area (Å²) in [5, 5.41) is 13.1. The fourth-order valence-electron chi connectivity index (χ4n) is 2.45. The SMILES string of the molecule is Cl.Cl.Oc1cc(Br)ccc1[C@H](CC(F)(F)F)N1CCNCC1. The van der Waals surface area contributed by atoms with Crippen LogP contribution in [0.2, 0.25) is 0 Å². The van der Waals surface area contributed by atoms with Crippen LogP contribution in [-0.4, -0.2) is 42.4 Å². The number of alkyl halides is 3. The normalized spacial score (nSPS) is 17.3. The number of phenols is 1. The van der Waals surface area contributed by atoms with E-state index >= 15 is 0 Å². The molecule has 0 bridgehead atoms. The molecule has 0 radical (unpaired) electrons. The molecule has 128 valence electrons. The van der Waals surface area contributed by atoms with Crippen LogP contribution in [0.4, 0.5) is 13.2 Å². The lowest BCUT2D eigenvalue weighted by Crippen LogP contribution is -2.46. The van der Waals surface area contributed by atoms with E-state index in [-0.39, 0.29) is 30.6 Å². The second-order valence-electron chi connectivity index (χ2n) is 4.82. The molecule has 1 aromatic carbocycles. The van der Waals surface area contributed by atoms with Gasteiger partial charge in [0.05, 0.1) is 6.42 Å². The summed E-state index contributed by atoms with van der Waals surface area (Å²) in [5.41, 5.74) is 0.326. The predicted octanol–water partition coefficient (Wildman–Crippen LogP) is 3.90. The van der Waals surface area contributed by atoms with Gasteiger partial charge in [-0.1, -0.05) is 22.0 Å². The summed E-state index contributed by atoms with van der Waals surface area (Å²) in [6, 6.07) is 3.80. The lowest BCUT2D eigenvalue weighted by atomic mass is 10.00. The van der Waals surface area contributed by atoms with Gasteiger partial charge in [0.2, 0.25) is 0 Å². The zero-order chi connectivity index (χ0) is 14.8. The van der Waals surface area contributed by atoms with Crippen molar-refractivity contribution >= 4 is 40.7 Å². The summed E-state index contributed by atoms with van der Waals surface area (Å²) in [7, 11) is 0. The highest BCUT2D eigenvalue weighted by molar-refractivity contribution is 9.10. The highest BCUT2D eigenvalue weighted by atomic mass is 79.9. The van der Waals surface area contributed by atoms with Crippen molar-refractivity contribution in [3.05, 3.63) is 28.2 Å². The molecule has 3 nitrogen and oxygen atoms in total. The lowest BCUT2D eigenvalue weighted by molar-refractivity contribution is -0.148. The molecule has 9 heteroatoms. The third-order valence-corrected chi connectivity index (χ3v) is 3.86. The van der Waals surface area contributed by atoms with Crippen molar-refractivity contribution in [1.82, 2.24) is 10.2 Å². The van der Waals surface area contributed by atoms with Crippen LogP contribution < -0.4 is 5.32 Å². The smallest absolute Gasteiger partial charge is 0.390 e. The van der Waals surface area contributed by atoms with Gasteiger partial charge in [0.25, 0.3) is 0 Å². The number of hydrogen-bond donors (Lipinski definition) is 2. The maximum absolute atomic E-state index is 12.8. The molecule has 1 aliphatic heterocycles. The van der Waals surface area contributed by atoms with Gasteiger partial charge in [-0.25, -0.2) is 0 Å². The van der Waals surface area contributed by atoms with Crippen LogP contribution in [0.3, 0.4) is 0 Å². The molecule has 1 saturated heterocycles. The highest BCUT2D eigenvalue weighted by Gasteiger charge is 2.36. The first-order valence-electron chi connectivity index (χ1n) is 6.37. The van der Waals surface area contributed by atoms with Crippen molar-refractivity contribution < 1.29 is 18.3 Å². The number of aromatic hydroxyl groups is 1. The van der Waals surface area contributed by atoms with Gasteiger partial charge in [0.1, 0.15) is 5.75 Å². The molecule has 1 atom stereocenters. The highest BCUT2D eigenvalue weighted by Crippen LogP contribution is 2.38. The molecule has 0 spiro atoms. The Morgan fingerprint density at radius 2 is 1.82 bits per heavy atom. The lowest BCUT2D eigenvalue weighted by Gasteiger charge is -2.35. The van der Waals surface area contributed by atoms with E-state index in [0.29, 0.717) is 36.2 Å². The Hall–Kier alpha value is -0.210. The summed E-state index contributed by atoms with van der Waals surface area (Å²) < 4.78 is 39.1. The number of halogens is 6. The van der Waals surface area contributed by atoms with E-state index in [1.807, 2.05) is 0 Å². The van der Waals surface area contributed by atoms with Gasteiger partial charge in [0, 0.05) is 42.3 Å². The largest absolute Gasteiger partial charge is 0.508 e. The van der Waals surface area contributed by atoms with Gasteiger partial charge in [0.15, 0.2) is 0 Å². The van der Waals surface area contributed by atoms with Gasteiger partial charge in [-0.15, -0.1) is 24.8 Å². The van der Waals surface area contributed by atoms with Crippen molar-refractivity contribution in [2.24, 2.45) is 0 Å². The third-order valence-electron chi connectivity index (χ3n) is 3.37. The van der Waals surface area contributed by atoms with Crippen molar-refractivity contribution in [3.63, 3.8) is 0 Å². The van der Waals surface area contributed by atoms with E-state index < -0.39 is 18.6 Å². The monoisotopic (exact) mass is 424 g/mol. The van der Waals surface area contributed by atoms with Gasteiger partial charge in [-0.3, -0.25) is 4.90 Å². The van der Waals surface area contributed by atoms with Crippen LogP contribution in [-0.2, 0) is 0 Å². The summed E-state index contributed by atoms with van der Waals surface area (Å²) in [4.78, 5) is 1.77. The van der Waals surface area contributed by atoms with E-state index in [2.05, 4.69) is 21.2 Å². The number of nitrogens with one attached hydrogen (secondary N) is 1. The van der Waals surface area contributed by atoms with Gasteiger partial charge in [-0.05, 0) is 12.1 Å². The quantitative estimate of drug-likeness (QED) is 0.770. The maximum Gasteiger partial charge on any atom is 0.390 e. The molecule has 1 fully saturated rings. The van der Waals surface area contributed by atoms with E-state index in [4.69, 9.17) is 0 Å². The number of nitrogens with zero attached hydrogens (tertiary/aromatic N) is 1. The Morgan fingerprint density at radius 1 is 1.23 bits per heavy atom. The fraction of sp³-hybridized carbons (Fsp3) is 0.538. The van der Waals surface area contributed by atoms with Crippen LogP contribution in [0.1, 0.15) is 18.0 Å². The molecular weight excluding hydrogens is 408 g/mol. The molecule has 0 aliphatic carbocycles. The number of phenolic OH excluding ortho intramolecular Hbond substituents is 1. The third kappa shape index (κ3) is 6.12. The van der Waals surface area contributed by atoms with E-state index in [1.54, 1.807) is 17.0 Å². The number of rotatable bonds is 3. The topological polar surface area (TPSA) is 35.5 Å². The van der Waals surface area contributed by atoms with Crippen LogP contribution >= 0.6 is 40.7 Å². The van der Waals surface area contributed by atoms with Crippen molar-refractivity contribution in [2.75, 3.05) is 26.2 Å². The minimum atomic E-state index is -4.27. The van der Waals surface area contributed by atoms with Crippen LogP contribution in [0.5, 0.6) is 5.75 Å². The van der Waals surface area contributed by atoms with Crippen molar-refractivity contribution in [1.29, 1.82) is 0 Å². The van der Waals surface area contributed by atoms with Crippen LogP contribution in [0.25, 0.3) is 0 Å². The molecule has 0 saturated carbocycles. The predicted molar refractivity (Wildman–Crippen MR) is 88.2 cm³/mol. The molecule has 1 aliphatic rings. The first kappa shape index (κ1) is 21.8. The van der Waals surface area contributed by atoms with Crippen molar-refractivity contribution in [3.8, 4) is 5.75 Å². The minimum absolute atomic E-state index is 0. The Kier molecular flexibility index (Phi) is 9.09. The average Bonchev–Trinajstić information content (AvgIpc) is 2.36. The summed E-state index contributed by atoms with van der Waals surface area (Å²) >= 11 is 3.20. The second-order valence-corrected chi connectivity index (χ2v) is 5.74. The molecule has 0 unspecified atom stereocenters. The number of benzene rings is 1. The summed E-state index contributed by atoms with van der Waals surface area (Å²) in [6.45, 7) is 2.39. The first-order chi connectivity index (χ1) is 9.37. The zero-order valence-electron chi connectivity index (χ0n) is 11.6. The summed E-state index contributed by atoms with van der Waals surface area (Å²) in [6.07, 6.45) is -5.22. The molecule has 2 N–H and O–H groups in total. The fourth-order valence-corrected chi connectivity index (χ4v) is 2.80. The molecule has 2 rings (SSSR count). The molecule has 22 heavy (non-hydrogen) atoms. The molecule has 0 amide bonds. The van der Waals surface area contributed by atoms with Gasteiger partial charge < -0.3 is 10.4 Å². The second kappa shape index (κ2) is 9.17. The average molecular weight is 426 g/mol. The summed E-state index contributed by atoms with van der Waals surface area (Å²) in [5.74, 6) is -0.104. The number of piperazine rings is 1. The first-order valence-corrected chi connectivity index (χ1v) is 7.16. The van der Waals surface area contributed by atoms with E-state index in [1.165, 1.54) is 6.07 Å². The van der Waals surface area contributed by atoms with Crippen molar-refractivity contribution in [2.45, 2.75) is 18.6 Å². The zero-order valence-corrected chi connectivity index (χ0v) is 14.8. The molecule has 1 heterocycles. The molecule has 0 aromatic heterocycles. The maximum atomic E-state index is 12.8. The standard InChI is InChI=1S/C13H16BrF3N2O.2ClH/c14-9-1-2-10(12(20)7-9)11(8-13(15,16)17)19-5-3-18-4-6-19;;/h1-2,7,11,18,20H,3-6,8H2;2*1H/t11-;;/m0../s1. The van der Waals surface area contributed by atoms with E-state index in [9.17, 15) is 18.3 Å².